The Balaban J connectivity index is 1.74. The number of carbonyl (C=O) groups excluding carboxylic acids is 2. The summed E-state index contributed by atoms with van der Waals surface area (Å²) >= 11 is 5.74. The number of rotatable bonds is 5. The van der Waals surface area contributed by atoms with E-state index in [1.165, 1.54) is 0 Å². The van der Waals surface area contributed by atoms with Gasteiger partial charge in [0, 0.05) is 23.6 Å². The third-order valence-electron chi connectivity index (χ3n) is 2.52. The highest BCUT2D eigenvalue weighted by Crippen LogP contribution is 2.09. The number of nitrogens with zero attached hydrogens (tertiary/aromatic N) is 2. The zero-order valence-corrected chi connectivity index (χ0v) is 12.0. The predicted molar refractivity (Wildman–Crippen MR) is 76.1 cm³/mol. The van der Waals surface area contributed by atoms with Gasteiger partial charge >= 0.3 is 6.01 Å². The van der Waals surface area contributed by atoms with Crippen LogP contribution in [0.15, 0.2) is 28.8 Å². The van der Waals surface area contributed by atoms with Gasteiger partial charge in [-0.05, 0) is 31.2 Å². The molecule has 0 bridgehead atoms. The lowest BCUT2D eigenvalue weighted by Crippen LogP contribution is -2.27. The fourth-order valence-corrected chi connectivity index (χ4v) is 1.65. The predicted octanol–water partition coefficient (Wildman–Crippen LogP) is 1.79. The molecule has 8 heteroatoms. The van der Waals surface area contributed by atoms with Gasteiger partial charge in [-0.25, -0.2) is 0 Å². The van der Waals surface area contributed by atoms with E-state index in [0.29, 0.717) is 16.4 Å². The van der Waals surface area contributed by atoms with Crippen LogP contribution in [0, 0.1) is 6.92 Å². The standard InChI is InChI=1S/C13H13ClN4O3/c1-8-16-13(21-18-8)17-11(19)6-7-15-12(20)9-2-4-10(14)5-3-9/h2-5H,6-7H2,1H3,(H,15,20)(H,16,17,18,19). The largest absolute Gasteiger partial charge is 0.352 e. The van der Waals surface area contributed by atoms with Gasteiger partial charge in [0.25, 0.3) is 5.91 Å². The van der Waals surface area contributed by atoms with Gasteiger partial charge in [-0.15, -0.1) is 0 Å². The fourth-order valence-electron chi connectivity index (χ4n) is 1.52. The Hall–Kier alpha value is -2.41. The van der Waals surface area contributed by atoms with Gasteiger partial charge in [-0.2, -0.15) is 4.98 Å². The van der Waals surface area contributed by atoms with E-state index in [1.54, 1.807) is 31.2 Å². The molecule has 1 aromatic carbocycles. The number of hydrogen-bond acceptors (Lipinski definition) is 5. The van der Waals surface area contributed by atoms with Gasteiger partial charge in [-0.1, -0.05) is 16.8 Å². The molecule has 110 valence electrons. The summed E-state index contributed by atoms with van der Waals surface area (Å²) in [6.07, 6.45) is 0.0980. The lowest BCUT2D eigenvalue weighted by molar-refractivity contribution is -0.116. The van der Waals surface area contributed by atoms with Crippen LogP contribution in [0.1, 0.15) is 22.6 Å². The molecule has 0 aliphatic heterocycles. The first kappa shape index (κ1) is 15.0. The van der Waals surface area contributed by atoms with Crippen LogP contribution < -0.4 is 10.6 Å². The number of anilines is 1. The molecule has 2 amide bonds. The molecule has 0 unspecified atom stereocenters. The zero-order chi connectivity index (χ0) is 15.2. The average Bonchev–Trinajstić information content (AvgIpc) is 2.84. The number of halogens is 1. The molecule has 0 saturated carbocycles. The topological polar surface area (TPSA) is 97.1 Å². The first-order valence-electron chi connectivity index (χ1n) is 6.18. The van der Waals surface area contributed by atoms with Gasteiger partial charge in [0.05, 0.1) is 0 Å². The Labute approximate surface area is 125 Å². The van der Waals surface area contributed by atoms with Crippen LogP contribution in [0.25, 0.3) is 0 Å². The maximum Gasteiger partial charge on any atom is 0.328 e. The monoisotopic (exact) mass is 308 g/mol. The molecule has 7 nitrogen and oxygen atoms in total. The van der Waals surface area contributed by atoms with Crippen LogP contribution in [0.3, 0.4) is 0 Å². The van der Waals surface area contributed by atoms with Crippen molar-refractivity contribution in [1.82, 2.24) is 15.5 Å². The number of amides is 2. The minimum absolute atomic E-state index is 0.0431. The van der Waals surface area contributed by atoms with E-state index in [4.69, 9.17) is 16.1 Å². The summed E-state index contributed by atoms with van der Waals surface area (Å²) in [5, 5.41) is 9.17. The highest BCUT2D eigenvalue weighted by molar-refractivity contribution is 6.30. The lowest BCUT2D eigenvalue weighted by Gasteiger charge is -2.04. The van der Waals surface area contributed by atoms with Crippen LogP contribution >= 0.6 is 11.6 Å². The van der Waals surface area contributed by atoms with Crippen LogP contribution in [-0.2, 0) is 4.79 Å². The second-order valence-electron chi connectivity index (χ2n) is 4.21. The van der Waals surface area contributed by atoms with Crippen molar-refractivity contribution < 1.29 is 14.1 Å². The molecule has 0 aliphatic rings. The van der Waals surface area contributed by atoms with Gasteiger partial charge in [0.1, 0.15) is 0 Å². The number of hydrogen-bond donors (Lipinski definition) is 2. The van der Waals surface area contributed by atoms with Crippen LogP contribution in [0.5, 0.6) is 0 Å². The zero-order valence-electron chi connectivity index (χ0n) is 11.2. The first-order chi connectivity index (χ1) is 10.0. The van der Waals surface area contributed by atoms with Crippen molar-refractivity contribution in [2.24, 2.45) is 0 Å². The van der Waals surface area contributed by atoms with Crippen LogP contribution in [-0.4, -0.2) is 28.5 Å². The highest BCUT2D eigenvalue weighted by Gasteiger charge is 2.09. The van der Waals surface area contributed by atoms with E-state index in [2.05, 4.69) is 20.8 Å². The summed E-state index contributed by atoms with van der Waals surface area (Å²) in [4.78, 5) is 27.2. The van der Waals surface area contributed by atoms with Crippen molar-refractivity contribution >= 4 is 29.4 Å². The summed E-state index contributed by atoms with van der Waals surface area (Å²) in [6, 6.07) is 6.52. The fraction of sp³-hybridized carbons (Fsp3) is 0.231. The SMILES string of the molecule is Cc1noc(NC(=O)CCNC(=O)c2ccc(Cl)cc2)n1. The number of aromatic nitrogens is 2. The van der Waals surface area contributed by atoms with Crippen molar-refractivity contribution in [3.63, 3.8) is 0 Å². The Kier molecular flexibility index (Phi) is 4.89. The number of benzene rings is 1. The van der Waals surface area contributed by atoms with Gasteiger partial charge in [0.2, 0.25) is 5.91 Å². The van der Waals surface area contributed by atoms with E-state index >= 15 is 0 Å². The molecule has 2 rings (SSSR count). The van der Waals surface area contributed by atoms with Gasteiger partial charge < -0.3 is 9.84 Å². The minimum Gasteiger partial charge on any atom is -0.352 e. The second-order valence-corrected chi connectivity index (χ2v) is 4.64. The molecule has 0 aliphatic carbocycles. The lowest BCUT2D eigenvalue weighted by atomic mass is 10.2. The van der Waals surface area contributed by atoms with E-state index in [0.717, 1.165) is 0 Å². The average molecular weight is 309 g/mol. The van der Waals surface area contributed by atoms with Crippen LogP contribution in [0.2, 0.25) is 5.02 Å². The molecule has 0 fully saturated rings. The molecule has 2 N–H and O–H groups in total. The van der Waals surface area contributed by atoms with E-state index in [9.17, 15) is 9.59 Å². The Morgan fingerprint density at radius 3 is 2.62 bits per heavy atom. The molecule has 2 aromatic rings. The Bertz CT molecular complexity index is 639. The molecule has 0 atom stereocenters. The van der Waals surface area contributed by atoms with E-state index < -0.39 is 0 Å². The summed E-state index contributed by atoms with van der Waals surface area (Å²) < 4.78 is 4.75. The molecular formula is C13H13ClN4O3. The molecule has 0 spiro atoms. The Morgan fingerprint density at radius 2 is 2.00 bits per heavy atom. The van der Waals surface area contributed by atoms with Crippen molar-refractivity contribution in [1.29, 1.82) is 0 Å². The van der Waals surface area contributed by atoms with Crippen molar-refractivity contribution in [3.05, 3.63) is 40.7 Å². The molecule has 1 heterocycles. The maximum absolute atomic E-state index is 11.8. The minimum atomic E-state index is -0.324. The number of carbonyl (C=O) groups is 2. The van der Waals surface area contributed by atoms with Gasteiger partial charge in [-0.3, -0.25) is 14.9 Å². The summed E-state index contributed by atoms with van der Waals surface area (Å²) in [5.41, 5.74) is 0.479. The Morgan fingerprint density at radius 1 is 1.29 bits per heavy atom. The summed E-state index contributed by atoms with van der Waals surface area (Å²) in [6.45, 7) is 1.84. The van der Waals surface area contributed by atoms with Crippen molar-refractivity contribution in [2.75, 3.05) is 11.9 Å². The first-order valence-corrected chi connectivity index (χ1v) is 6.56. The summed E-state index contributed by atoms with van der Waals surface area (Å²) in [5.74, 6) is -0.163. The normalized spacial score (nSPS) is 10.2. The third-order valence-corrected chi connectivity index (χ3v) is 2.77. The number of nitrogens with one attached hydrogen (secondary N) is 2. The summed E-state index contributed by atoms with van der Waals surface area (Å²) in [7, 11) is 0. The maximum atomic E-state index is 11.8. The smallest absolute Gasteiger partial charge is 0.328 e. The molecule has 1 aromatic heterocycles. The second kappa shape index (κ2) is 6.85. The number of aryl methyl sites for hydroxylation is 1. The molecule has 21 heavy (non-hydrogen) atoms. The molecule has 0 radical (unpaired) electrons. The quantitative estimate of drug-likeness (QED) is 0.877. The highest BCUT2D eigenvalue weighted by atomic mass is 35.5. The van der Waals surface area contributed by atoms with Gasteiger partial charge in [0.15, 0.2) is 5.82 Å². The van der Waals surface area contributed by atoms with Crippen molar-refractivity contribution in [3.8, 4) is 0 Å². The molecular weight excluding hydrogens is 296 g/mol. The van der Waals surface area contributed by atoms with E-state index in [1.807, 2.05) is 0 Å². The third kappa shape index (κ3) is 4.57. The van der Waals surface area contributed by atoms with Crippen LogP contribution in [0.4, 0.5) is 6.01 Å². The van der Waals surface area contributed by atoms with Crippen molar-refractivity contribution in [2.45, 2.75) is 13.3 Å². The van der Waals surface area contributed by atoms with E-state index in [-0.39, 0.29) is 30.8 Å². The molecule has 0 saturated heterocycles.